The van der Waals surface area contributed by atoms with E-state index >= 15 is 0 Å². The Morgan fingerprint density at radius 3 is 2.15 bits per heavy atom. The molecular formula is C19H26N4O3. The third kappa shape index (κ3) is 4.40. The topological polar surface area (TPSA) is 87.0 Å². The van der Waals surface area contributed by atoms with Gasteiger partial charge in [0.15, 0.2) is 0 Å². The molecule has 140 valence electrons. The first-order valence-electron chi connectivity index (χ1n) is 9.24. The van der Waals surface area contributed by atoms with Crippen LogP contribution in [0.3, 0.4) is 0 Å². The number of nitrogens with zero attached hydrogens (tertiary/aromatic N) is 3. The van der Waals surface area contributed by atoms with Crippen molar-refractivity contribution in [2.75, 3.05) is 45.8 Å². The summed E-state index contributed by atoms with van der Waals surface area (Å²) >= 11 is 0. The second-order valence-corrected chi connectivity index (χ2v) is 6.95. The number of piperazine rings is 1. The fraction of sp³-hybridized carbons (Fsp3) is 0.526. The van der Waals surface area contributed by atoms with Crippen molar-refractivity contribution in [3.05, 3.63) is 35.4 Å². The second-order valence-electron chi connectivity index (χ2n) is 6.95. The van der Waals surface area contributed by atoms with E-state index in [0.717, 1.165) is 25.9 Å². The van der Waals surface area contributed by atoms with Gasteiger partial charge in [0, 0.05) is 50.4 Å². The number of nitrogens with two attached hydrogens (primary N) is 1. The molecule has 0 atom stereocenters. The zero-order valence-electron chi connectivity index (χ0n) is 15.0. The van der Waals surface area contributed by atoms with E-state index in [1.54, 1.807) is 23.1 Å². The fourth-order valence-electron chi connectivity index (χ4n) is 3.53. The molecule has 2 aliphatic heterocycles. The molecule has 0 aromatic heterocycles. The largest absolute Gasteiger partial charge is 0.366 e. The smallest absolute Gasteiger partial charge is 0.253 e. The van der Waals surface area contributed by atoms with Crippen LogP contribution in [0.25, 0.3) is 0 Å². The van der Waals surface area contributed by atoms with Crippen molar-refractivity contribution in [3.8, 4) is 0 Å². The molecule has 2 N–H and O–H groups in total. The number of benzene rings is 1. The summed E-state index contributed by atoms with van der Waals surface area (Å²) in [5.74, 6) is -0.450. The first-order valence-corrected chi connectivity index (χ1v) is 9.24. The van der Waals surface area contributed by atoms with Gasteiger partial charge in [0.1, 0.15) is 0 Å². The first-order chi connectivity index (χ1) is 12.5. The van der Waals surface area contributed by atoms with Gasteiger partial charge in [-0.15, -0.1) is 0 Å². The van der Waals surface area contributed by atoms with Gasteiger partial charge in [-0.05, 0) is 37.5 Å². The van der Waals surface area contributed by atoms with Crippen LogP contribution in [0.15, 0.2) is 24.3 Å². The minimum Gasteiger partial charge on any atom is -0.366 e. The standard InChI is InChI=1S/C19H26N4O3/c20-18(25)15-5-4-6-16(13-15)19(26)23-11-9-21(10-12-23)14-17(24)22-7-2-1-3-8-22/h4-6,13H,1-3,7-12,14H2,(H2,20,25). The van der Waals surface area contributed by atoms with Gasteiger partial charge < -0.3 is 15.5 Å². The Bertz CT molecular complexity index is 677. The Morgan fingerprint density at radius 1 is 0.846 bits per heavy atom. The molecule has 0 saturated carbocycles. The lowest BCUT2D eigenvalue weighted by molar-refractivity contribution is -0.133. The van der Waals surface area contributed by atoms with E-state index in [1.165, 1.54) is 12.5 Å². The quantitative estimate of drug-likeness (QED) is 0.852. The van der Waals surface area contributed by atoms with E-state index < -0.39 is 5.91 Å². The predicted octanol–water partition coefficient (Wildman–Crippen LogP) is 0.556. The number of amides is 3. The average Bonchev–Trinajstić information content (AvgIpc) is 2.68. The number of carbonyl (C=O) groups is 3. The first kappa shape index (κ1) is 18.4. The summed E-state index contributed by atoms with van der Waals surface area (Å²) in [7, 11) is 0. The number of hydrogen-bond acceptors (Lipinski definition) is 4. The molecule has 2 heterocycles. The van der Waals surface area contributed by atoms with E-state index in [2.05, 4.69) is 4.90 Å². The van der Waals surface area contributed by atoms with Gasteiger partial charge in [0.05, 0.1) is 6.54 Å². The van der Waals surface area contributed by atoms with Crippen molar-refractivity contribution >= 4 is 17.7 Å². The van der Waals surface area contributed by atoms with Crippen molar-refractivity contribution < 1.29 is 14.4 Å². The third-order valence-corrected chi connectivity index (χ3v) is 5.12. The highest BCUT2D eigenvalue weighted by Gasteiger charge is 2.25. The Kier molecular flexibility index (Phi) is 5.88. The van der Waals surface area contributed by atoms with Crippen LogP contribution >= 0.6 is 0 Å². The molecule has 2 aliphatic rings. The molecule has 0 spiro atoms. The fourth-order valence-corrected chi connectivity index (χ4v) is 3.53. The molecule has 3 rings (SSSR count). The van der Waals surface area contributed by atoms with Crippen LogP contribution in [-0.2, 0) is 4.79 Å². The summed E-state index contributed by atoms with van der Waals surface area (Å²) in [4.78, 5) is 42.1. The maximum Gasteiger partial charge on any atom is 0.253 e. The highest BCUT2D eigenvalue weighted by atomic mass is 16.2. The highest BCUT2D eigenvalue weighted by Crippen LogP contribution is 2.13. The van der Waals surface area contributed by atoms with Crippen molar-refractivity contribution in [3.63, 3.8) is 0 Å². The molecule has 0 unspecified atom stereocenters. The molecule has 2 fully saturated rings. The maximum absolute atomic E-state index is 12.6. The van der Waals surface area contributed by atoms with Crippen molar-refractivity contribution in [2.24, 2.45) is 5.73 Å². The molecule has 0 bridgehead atoms. The summed E-state index contributed by atoms with van der Waals surface area (Å²) in [6, 6.07) is 6.50. The molecule has 26 heavy (non-hydrogen) atoms. The SMILES string of the molecule is NC(=O)c1cccc(C(=O)N2CCN(CC(=O)N3CCCCC3)CC2)c1. The van der Waals surface area contributed by atoms with Gasteiger partial charge in [-0.1, -0.05) is 6.07 Å². The number of likely N-dealkylation sites (tertiary alicyclic amines) is 1. The van der Waals surface area contributed by atoms with Crippen LogP contribution < -0.4 is 5.73 Å². The van der Waals surface area contributed by atoms with Crippen molar-refractivity contribution in [1.29, 1.82) is 0 Å². The van der Waals surface area contributed by atoms with Crippen molar-refractivity contribution in [1.82, 2.24) is 14.7 Å². The molecule has 1 aromatic carbocycles. The Labute approximate surface area is 153 Å². The molecule has 0 aliphatic carbocycles. The van der Waals surface area contributed by atoms with Crippen LogP contribution in [0.5, 0.6) is 0 Å². The normalized spacial score (nSPS) is 18.6. The third-order valence-electron chi connectivity index (χ3n) is 5.12. The molecule has 3 amide bonds. The molecular weight excluding hydrogens is 332 g/mol. The lowest BCUT2D eigenvalue weighted by atomic mass is 10.1. The number of rotatable bonds is 4. The van der Waals surface area contributed by atoms with Gasteiger partial charge in [-0.3, -0.25) is 19.3 Å². The number of primary amides is 1. The van der Waals surface area contributed by atoms with Crippen LogP contribution in [0.2, 0.25) is 0 Å². The minimum absolute atomic E-state index is 0.102. The van der Waals surface area contributed by atoms with Gasteiger partial charge in [-0.25, -0.2) is 0 Å². The maximum atomic E-state index is 12.6. The van der Waals surface area contributed by atoms with Gasteiger partial charge in [0.2, 0.25) is 11.8 Å². The Balaban J connectivity index is 1.51. The predicted molar refractivity (Wildman–Crippen MR) is 97.7 cm³/mol. The molecule has 2 saturated heterocycles. The monoisotopic (exact) mass is 358 g/mol. The lowest BCUT2D eigenvalue weighted by Crippen LogP contribution is -2.52. The summed E-state index contributed by atoms with van der Waals surface area (Å²) in [5, 5.41) is 0. The van der Waals surface area contributed by atoms with Crippen molar-refractivity contribution in [2.45, 2.75) is 19.3 Å². The second kappa shape index (κ2) is 8.31. The minimum atomic E-state index is -0.541. The zero-order valence-corrected chi connectivity index (χ0v) is 15.0. The van der Waals surface area contributed by atoms with E-state index in [1.807, 2.05) is 4.90 Å². The average molecular weight is 358 g/mol. The van der Waals surface area contributed by atoms with Crippen LogP contribution in [0.1, 0.15) is 40.0 Å². The number of hydrogen-bond donors (Lipinski definition) is 1. The zero-order chi connectivity index (χ0) is 18.5. The molecule has 1 aromatic rings. The van der Waals surface area contributed by atoms with Gasteiger partial charge in [-0.2, -0.15) is 0 Å². The lowest BCUT2D eigenvalue weighted by Gasteiger charge is -2.36. The van der Waals surface area contributed by atoms with Gasteiger partial charge >= 0.3 is 0 Å². The van der Waals surface area contributed by atoms with E-state index in [-0.39, 0.29) is 11.8 Å². The van der Waals surface area contributed by atoms with Crippen LogP contribution in [-0.4, -0.2) is 78.2 Å². The van der Waals surface area contributed by atoms with E-state index in [9.17, 15) is 14.4 Å². The number of carbonyl (C=O) groups excluding carboxylic acids is 3. The summed E-state index contributed by atoms with van der Waals surface area (Å²) in [6.45, 7) is 4.68. The summed E-state index contributed by atoms with van der Waals surface area (Å²) in [5.41, 5.74) is 6.09. The number of piperidine rings is 1. The highest BCUT2D eigenvalue weighted by molar-refractivity contribution is 5.99. The summed E-state index contributed by atoms with van der Waals surface area (Å²) < 4.78 is 0. The van der Waals surface area contributed by atoms with E-state index in [0.29, 0.717) is 43.9 Å². The van der Waals surface area contributed by atoms with Gasteiger partial charge in [0.25, 0.3) is 5.91 Å². The van der Waals surface area contributed by atoms with Crippen LogP contribution in [0.4, 0.5) is 0 Å². The Morgan fingerprint density at radius 2 is 1.50 bits per heavy atom. The molecule has 7 heteroatoms. The Hall–Kier alpha value is -2.41. The van der Waals surface area contributed by atoms with E-state index in [4.69, 9.17) is 5.73 Å². The molecule has 7 nitrogen and oxygen atoms in total. The molecule has 0 radical (unpaired) electrons. The summed E-state index contributed by atoms with van der Waals surface area (Å²) in [6.07, 6.45) is 3.40. The van der Waals surface area contributed by atoms with Crippen LogP contribution in [0, 0.1) is 0 Å².